The summed E-state index contributed by atoms with van der Waals surface area (Å²) < 4.78 is 5.57. The second-order valence-corrected chi connectivity index (χ2v) is 4.57. The van der Waals surface area contributed by atoms with Crippen molar-refractivity contribution in [1.29, 1.82) is 0 Å². The number of hydrogen-bond acceptors (Lipinski definition) is 2. The standard InChI is InChI=1S/C14H10Cl2O2.C2H6/c15-12-4-1-10(2-5-12)9-18-14-6-3-11(8-17)7-13(14)16;1-2/h1-8H,9H2;1-2H3. The number of rotatable bonds is 4. The van der Waals surface area contributed by atoms with Gasteiger partial charge in [0.05, 0.1) is 5.02 Å². The molecule has 0 amide bonds. The predicted octanol–water partition coefficient (Wildman–Crippen LogP) is 5.41. The second-order valence-electron chi connectivity index (χ2n) is 3.72. The van der Waals surface area contributed by atoms with Gasteiger partial charge in [-0.25, -0.2) is 0 Å². The molecule has 0 spiro atoms. The van der Waals surface area contributed by atoms with E-state index in [1.165, 1.54) is 0 Å². The average molecular weight is 311 g/mol. The van der Waals surface area contributed by atoms with Crippen LogP contribution in [0.15, 0.2) is 42.5 Å². The minimum Gasteiger partial charge on any atom is -0.487 e. The van der Waals surface area contributed by atoms with Gasteiger partial charge in [-0.2, -0.15) is 0 Å². The minimum absolute atomic E-state index is 0.400. The lowest BCUT2D eigenvalue weighted by atomic mass is 10.2. The second kappa shape index (κ2) is 8.62. The van der Waals surface area contributed by atoms with E-state index in [1.807, 2.05) is 26.0 Å². The number of ether oxygens (including phenoxy) is 1. The SMILES string of the molecule is CC.O=Cc1ccc(OCc2ccc(Cl)cc2)c(Cl)c1. The molecule has 2 aromatic rings. The summed E-state index contributed by atoms with van der Waals surface area (Å²) in [7, 11) is 0. The van der Waals surface area contributed by atoms with Crippen molar-refractivity contribution in [2.24, 2.45) is 0 Å². The van der Waals surface area contributed by atoms with E-state index in [0.717, 1.165) is 11.8 Å². The van der Waals surface area contributed by atoms with E-state index in [1.54, 1.807) is 30.3 Å². The molecule has 0 heterocycles. The van der Waals surface area contributed by atoms with Crippen LogP contribution in [0.3, 0.4) is 0 Å². The zero-order valence-electron chi connectivity index (χ0n) is 11.4. The molecular formula is C16H16Cl2O2. The van der Waals surface area contributed by atoms with E-state index in [-0.39, 0.29) is 0 Å². The van der Waals surface area contributed by atoms with Crippen molar-refractivity contribution in [3.8, 4) is 5.75 Å². The molecule has 0 aliphatic carbocycles. The maximum Gasteiger partial charge on any atom is 0.150 e. The number of halogens is 2. The van der Waals surface area contributed by atoms with Crippen LogP contribution >= 0.6 is 23.2 Å². The van der Waals surface area contributed by atoms with E-state index in [9.17, 15) is 4.79 Å². The smallest absolute Gasteiger partial charge is 0.150 e. The third kappa shape index (κ3) is 4.87. The Bertz CT molecular complexity index is 551. The highest BCUT2D eigenvalue weighted by atomic mass is 35.5. The number of carbonyl (C=O) groups is 1. The van der Waals surface area contributed by atoms with E-state index >= 15 is 0 Å². The molecule has 20 heavy (non-hydrogen) atoms. The molecule has 106 valence electrons. The van der Waals surface area contributed by atoms with Crippen LogP contribution in [0.4, 0.5) is 0 Å². The first-order valence-corrected chi connectivity index (χ1v) is 7.06. The van der Waals surface area contributed by atoms with Gasteiger partial charge in [0.25, 0.3) is 0 Å². The zero-order valence-corrected chi connectivity index (χ0v) is 12.9. The van der Waals surface area contributed by atoms with Gasteiger partial charge in [0.15, 0.2) is 0 Å². The summed E-state index contributed by atoms with van der Waals surface area (Å²) in [6.45, 7) is 4.40. The lowest BCUT2D eigenvalue weighted by Gasteiger charge is -2.08. The highest BCUT2D eigenvalue weighted by molar-refractivity contribution is 6.32. The van der Waals surface area contributed by atoms with Gasteiger partial charge in [0.1, 0.15) is 18.6 Å². The molecule has 0 N–H and O–H groups in total. The minimum atomic E-state index is 0.400. The molecule has 0 aliphatic heterocycles. The fraction of sp³-hybridized carbons (Fsp3) is 0.188. The quantitative estimate of drug-likeness (QED) is 0.706. The highest BCUT2D eigenvalue weighted by Gasteiger charge is 2.03. The largest absolute Gasteiger partial charge is 0.487 e. The van der Waals surface area contributed by atoms with E-state index in [4.69, 9.17) is 27.9 Å². The molecule has 0 atom stereocenters. The molecule has 0 aromatic heterocycles. The third-order valence-corrected chi connectivity index (χ3v) is 2.95. The van der Waals surface area contributed by atoms with Gasteiger partial charge in [-0.15, -0.1) is 0 Å². The average Bonchev–Trinajstić information content (AvgIpc) is 2.49. The Labute approximate surface area is 129 Å². The molecule has 2 rings (SSSR count). The van der Waals surface area contributed by atoms with Crippen LogP contribution < -0.4 is 4.74 Å². The van der Waals surface area contributed by atoms with Crippen LogP contribution in [0.5, 0.6) is 5.75 Å². The fourth-order valence-electron chi connectivity index (χ4n) is 1.45. The Hall–Kier alpha value is -1.51. The molecule has 0 saturated carbocycles. The van der Waals surface area contributed by atoms with Crippen LogP contribution in [0.1, 0.15) is 29.8 Å². The first-order chi connectivity index (χ1) is 9.69. The molecule has 2 nitrogen and oxygen atoms in total. The fourth-order valence-corrected chi connectivity index (χ4v) is 1.82. The number of hydrogen-bond donors (Lipinski definition) is 0. The van der Waals surface area contributed by atoms with Crippen LogP contribution in [-0.4, -0.2) is 6.29 Å². The summed E-state index contributed by atoms with van der Waals surface area (Å²) in [6, 6.07) is 12.3. The summed E-state index contributed by atoms with van der Waals surface area (Å²) in [5.74, 6) is 0.553. The zero-order chi connectivity index (χ0) is 15.0. The Morgan fingerprint density at radius 2 is 1.70 bits per heavy atom. The van der Waals surface area contributed by atoms with Gasteiger partial charge in [0.2, 0.25) is 0 Å². The monoisotopic (exact) mass is 310 g/mol. The number of benzene rings is 2. The lowest BCUT2D eigenvalue weighted by molar-refractivity contribution is 0.112. The maximum atomic E-state index is 10.6. The summed E-state index contributed by atoms with van der Waals surface area (Å²) in [6.07, 6.45) is 0.745. The molecule has 0 bridgehead atoms. The van der Waals surface area contributed by atoms with Crippen molar-refractivity contribution in [2.75, 3.05) is 0 Å². The summed E-state index contributed by atoms with van der Waals surface area (Å²) >= 11 is 11.8. The molecule has 0 saturated heterocycles. The first kappa shape index (κ1) is 16.5. The maximum absolute atomic E-state index is 10.6. The van der Waals surface area contributed by atoms with Gasteiger partial charge in [-0.1, -0.05) is 49.2 Å². The van der Waals surface area contributed by atoms with Gasteiger partial charge in [0, 0.05) is 10.6 Å². The summed E-state index contributed by atoms with van der Waals surface area (Å²) in [4.78, 5) is 10.6. The number of aldehydes is 1. The number of carbonyl (C=O) groups excluding carboxylic acids is 1. The Kier molecular flexibility index (Phi) is 7.13. The van der Waals surface area contributed by atoms with Gasteiger partial charge in [-0.05, 0) is 35.9 Å². The molecule has 4 heteroatoms. The van der Waals surface area contributed by atoms with Gasteiger partial charge >= 0.3 is 0 Å². The van der Waals surface area contributed by atoms with Crippen molar-refractivity contribution >= 4 is 29.5 Å². The summed E-state index contributed by atoms with van der Waals surface area (Å²) in [5.41, 5.74) is 1.52. The first-order valence-electron chi connectivity index (χ1n) is 6.31. The van der Waals surface area contributed by atoms with E-state index < -0.39 is 0 Å². The molecule has 0 unspecified atom stereocenters. The van der Waals surface area contributed by atoms with Crippen LogP contribution in [0.25, 0.3) is 0 Å². The van der Waals surface area contributed by atoms with Crippen molar-refractivity contribution in [3.05, 3.63) is 63.6 Å². The van der Waals surface area contributed by atoms with E-state index in [0.29, 0.717) is 28.0 Å². The Morgan fingerprint density at radius 1 is 1.05 bits per heavy atom. The lowest BCUT2D eigenvalue weighted by Crippen LogP contribution is -1.96. The van der Waals surface area contributed by atoms with E-state index in [2.05, 4.69) is 0 Å². The van der Waals surface area contributed by atoms with Crippen LogP contribution in [-0.2, 0) is 6.61 Å². The normalized spacial score (nSPS) is 9.40. The Balaban J connectivity index is 0.000000956. The third-order valence-electron chi connectivity index (χ3n) is 2.40. The van der Waals surface area contributed by atoms with Gasteiger partial charge < -0.3 is 4.74 Å². The van der Waals surface area contributed by atoms with Crippen molar-refractivity contribution < 1.29 is 9.53 Å². The van der Waals surface area contributed by atoms with Crippen molar-refractivity contribution in [3.63, 3.8) is 0 Å². The Morgan fingerprint density at radius 3 is 2.25 bits per heavy atom. The molecule has 0 fully saturated rings. The van der Waals surface area contributed by atoms with Crippen molar-refractivity contribution in [1.82, 2.24) is 0 Å². The molecule has 2 aromatic carbocycles. The highest BCUT2D eigenvalue weighted by Crippen LogP contribution is 2.25. The summed E-state index contributed by atoms with van der Waals surface area (Å²) in [5, 5.41) is 1.11. The topological polar surface area (TPSA) is 26.3 Å². The molecule has 0 radical (unpaired) electrons. The van der Waals surface area contributed by atoms with Gasteiger partial charge in [-0.3, -0.25) is 4.79 Å². The predicted molar refractivity (Wildman–Crippen MR) is 84.0 cm³/mol. The van der Waals surface area contributed by atoms with Crippen LogP contribution in [0.2, 0.25) is 10.0 Å². The molecule has 0 aliphatic rings. The van der Waals surface area contributed by atoms with Crippen LogP contribution in [0, 0.1) is 0 Å². The van der Waals surface area contributed by atoms with Crippen molar-refractivity contribution in [2.45, 2.75) is 20.5 Å². The molecular weight excluding hydrogens is 295 g/mol.